The molecule has 0 N–H and O–H groups in total. The van der Waals surface area contributed by atoms with Gasteiger partial charge in [0.05, 0.1) is 5.69 Å². The second-order valence-electron chi connectivity index (χ2n) is 5.43. The molecule has 0 radical (unpaired) electrons. The van der Waals surface area contributed by atoms with Crippen molar-refractivity contribution in [2.24, 2.45) is 0 Å². The predicted octanol–water partition coefficient (Wildman–Crippen LogP) is 2.17. The van der Waals surface area contributed by atoms with Crippen LogP contribution in [0.5, 0.6) is 0 Å². The second kappa shape index (κ2) is 4.60. The van der Waals surface area contributed by atoms with E-state index in [1.165, 1.54) is 10.6 Å². The number of hydrogen-bond acceptors (Lipinski definition) is 5. The van der Waals surface area contributed by atoms with Crippen LogP contribution in [0.2, 0.25) is 0 Å². The molecular weight excluding hydrogens is 314 g/mol. The lowest BCUT2D eigenvalue weighted by molar-refractivity contribution is 0.0925. The van der Waals surface area contributed by atoms with Crippen LogP contribution in [-0.4, -0.2) is 21.2 Å². The van der Waals surface area contributed by atoms with E-state index in [1.807, 2.05) is 13.0 Å². The van der Waals surface area contributed by atoms with Crippen molar-refractivity contribution in [2.75, 3.05) is 4.90 Å². The van der Waals surface area contributed by atoms with Crippen molar-refractivity contribution < 1.29 is 9.59 Å². The number of rotatable bonds is 1. The first-order valence-corrected chi connectivity index (χ1v) is 7.77. The lowest BCUT2D eigenvalue weighted by Crippen LogP contribution is -2.31. The van der Waals surface area contributed by atoms with Gasteiger partial charge in [0.25, 0.3) is 17.4 Å². The molecule has 114 valence electrons. The van der Waals surface area contributed by atoms with Crippen LogP contribution in [-0.2, 0) is 0 Å². The maximum Gasteiger partial charge on any atom is 0.284 e. The van der Waals surface area contributed by atoms with Gasteiger partial charge in [0.1, 0.15) is 10.6 Å². The molecule has 0 saturated carbocycles. The van der Waals surface area contributed by atoms with Gasteiger partial charge in [-0.3, -0.25) is 14.4 Å². The molecule has 0 aliphatic carbocycles. The number of fused-ring (bicyclic) bond motifs is 3. The van der Waals surface area contributed by atoms with Gasteiger partial charge in [-0.1, -0.05) is 23.5 Å². The van der Waals surface area contributed by atoms with Crippen LogP contribution in [0.1, 0.15) is 31.3 Å². The van der Waals surface area contributed by atoms with E-state index in [4.69, 9.17) is 0 Å². The number of carbonyl (C=O) groups is 2. The molecule has 0 fully saturated rings. The molecular formula is C16H11N3O3S. The number of thiazole rings is 1. The number of aryl methyl sites for hydroxylation is 2. The minimum Gasteiger partial charge on any atom is -0.269 e. The standard InChI is InChI=1S/C16H11N3O3S/c1-8-4-3-5-10(6-8)18-14(21)11-12(15(18)22)23-16-17-7-9(2)13(20)19(11)16/h3-7H,1-2H3. The molecule has 0 atom stereocenters. The summed E-state index contributed by atoms with van der Waals surface area (Å²) in [5, 5.41) is 0. The Balaban J connectivity index is 1.97. The van der Waals surface area contributed by atoms with Crippen LogP contribution in [0.15, 0.2) is 35.3 Å². The SMILES string of the molecule is Cc1cccc(N2C(=O)c3sc4ncc(C)c(=O)n4c3C2=O)c1. The summed E-state index contributed by atoms with van der Waals surface area (Å²) in [6, 6.07) is 7.14. The highest BCUT2D eigenvalue weighted by molar-refractivity contribution is 7.19. The van der Waals surface area contributed by atoms with Gasteiger partial charge in [-0.2, -0.15) is 0 Å². The smallest absolute Gasteiger partial charge is 0.269 e. The molecule has 1 aliphatic heterocycles. The number of hydrogen-bond donors (Lipinski definition) is 0. The van der Waals surface area contributed by atoms with Gasteiger partial charge >= 0.3 is 0 Å². The van der Waals surface area contributed by atoms with Gasteiger partial charge < -0.3 is 0 Å². The number of anilines is 1. The van der Waals surface area contributed by atoms with Crippen molar-refractivity contribution in [2.45, 2.75) is 13.8 Å². The fraction of sp³-hybridized carbons (Fsp3) is 0.125. The van der Waals surface area contributed by atoms with Crippen molar-refractivity contribution in [1.82, 2.24) is 9.38 Å². The first-order chi connectivity index (χ1) is 11.0. The maximum absolute atomic E-state index is 12.8. The van der Waals surface area contributed by atoms with E-state index in [2.05, 4.69) is 4.98 Å². The van der Waals surface area contributed by atoms with Crippen molar-refractivity contribution >= 4 is 33.8 Å². The molecule has 3 heterocycles. The molecule has 3 aromatic rings. The topological polar surface area (TPSA) is 71.8 Å². The van der Waals surface area contributed by atoms with Gasteiger partial charge in [-0.05, 0) is 31.5 Å². The highest BCUT2D eigenvalue weighted by Crippen LogP contribution is 2.33. The average Bonchev–Trinajstić information content (AvgIpc) is 3.01. The van der Waals surface area contributed by atoms with Crippen molar-refractivity contribution in [3.05, 3.63) is 62.5 Å². The summed E-state index contributed by atoms with van der Waals surface area (Å²) in [5.41, 5.74) is 1.66. The highest BCUT2D eigenvalue weighted by Gasteiger charge is 2.41. The van der Waals surface area contributed by atoms with E-state index in [9.17, 15) is 14.4 Å². The van der Waals surface area contributed by atoms with E-state index in [1.54, 1.807) is 25.1 Å². The Labute approximate surface area is 134 Å². The third kappa shape index (κ3) is 1.80. The highest BCUT2D eigenvalue weighted by atomic mass is 32.1. The minimum atomic E-state index is -0.489. The van der Waals surface area contributed by atoms with Crippen LogP contribution in [0.25, 0.3) is 4.96 Å². The van der Waals surface area contributed by atoms with Gasteiger partial charge in [0.2, 0.25) is 0 Å². The number of nitrogens with zero attached hydrogens (tertiary/aromatic N) is 3. The van der Waals surface area contributed by atoms with Crippen molar-refractivity contribution in [3.63, 3.8) is 0 Å². The molecule has 1 aromatic carbocycles. The predicted molar refractivity (Wildman–Crippen MR) is 86.4 cm³/mol. The molecule has 2 aromatic heterocycles. The third-order valence-corrected chi connectivity index (χ3v) is 4.84. The van der Waals surface area contributed by atoms with Gasteiger partial charge in [-0.15, -0.1) is 0 Å². The fourth-order valence-corrected chi connectivity index (χ4v) is 3.68. The lowest BCUT2D eigenvalue weighted by Gasteiger charge is -2.14. The summed E-state index contributed by atoms with van der Waals surface area (Å²) < 4.78 is 1.24. The van der Waals surface area contributed by atoms with Crippen molar-refractivity contribution in [3.8, 4) is 0 Å². The first-order valence-electron chi connectivity index (χ1n) is 6.95. The number of carbonyl (C=O) groups excluding carboxylic acids is 2. The van der Waals surface area contributed by atoms with Crippen LogP contribution in [0.3, 0.4) is 0 Å². The number of aromatic nitrogens is 2. The zero-order valence-electron chi connectivity index (χ0n) is 12.4. The normalized spacial score (nSPS) is 13.9. The Morgan fingerprint density at radius 2 is 1.87 bits per heavy atom. The quantitative estimate of drug-likeness (QED) is 0.643. The van der Waals surface area contributed by atoms with Gasteiger partial charge in [0, 0.05) is 11.8 Å². The molecule has 23 heavy (non-hydrogen) atoms. The summed E-state index contributed by atoms with van der Waals surface area (Å²) in [6.07, 6.45) is 1.45. The van der Waals surface area contributed by atoms with Crippen molar-refractivity contribution in [1.29, 1.82) is 0 Å². The zero-order valence-corrected chi connectivity index (χ0v) is 13.2. The molecule has 0 unspecified atom stereocenters. The Hall–Kier alpha value is -2.80. The summed E-state index contributed by atoms with van der Waals surface area (Å²) in [4.78, 5) is 43.7. The number of imide groups is 1. The average molecular weight is 325 g/mol. The molecule has 4 rings (SSSR count). The maximum atomic E-state index is 12.8. The lowest BCUT2D eigenvalue weighted by atomic mass is 10.2. The monoisotopic (exact) mass is 325 g/mol. The summed E-state index contributed by atoms with van der Waals surface area (Å²) >= 11 is 1.06. The van der Waals surface area contributed by atoms with E-state index in [0.717, 1.165) is 21.8 Å². The molecule has 0 bridgehead atoms. The summed E-state index contributed by atoms with van der Waals surface area (Å²) in [7, 11) is 0. The van der Waals surface area contributed by atoms with Crippen LogP contribution in [0, 0.1) is 13.8 Å². The van der Waals surface area contributed by atoms with Crippen LogP contribution < -0.4 is 10.5 Å². The van der Waals surface area contributed by atoms with E-state index in [0.29, 0.717) is 16.2 Å². The Bertz CT molecular complexity index is 1060. The van der Waals surface area contributed by atoms with Gasteiger partial charge in [-0.25, -0.2) is 14.3 Å². The minimum absolute atomic E-state index is 0.109. The molecule has 2 amide bonds. The fourth-order valence-electron chi connectivity index (χ4n) is 2.68. The van der Waals surface area contributed by atoms with Gasteiger partial charge in [0.15, 0.2) is 4.96 Å². The third-order valence-electron chi connectivity index (χ3n) is 3.80. The molecule has 1 aliphatic rings. The van der Waals surface area contributed by atoms with E-state index >= 15 is 0 Å². The van der Waals surface area contributed by atoms with Crippen LogP contribution >= 0.6 is 11.3 Å². The molecule has 0 saturated heterocycles. The molecule has 7 heteroatoms. The van der Waals surface area contributed by atoms with E-state index < -0.39 is 11.8 Å². The summed E-state index contributed by atoms with van der Waals surface area (Å²) in [6.45, 7) is 3.52. The Kier molecular flexibility index (Phi) is 2.76. The largest absolute Gasteiger partial charge is 0.284 e. The molecule has 6 nitrogen and oxygen atoms in total. The Morgan fingerprint density at radius 1 is 1.09 bits per heavy atom. The first kappa shape index (κ1) is 13.8. The molecule has 0 spiro atoms. The van der Waals surface area contributed by atoms with E-state index in [-0.39, 0.29) is 16.1 Å². The second-order valence-corrected chi connectivity index (χ2v) is 6.41. The number of amides is 2. The Morgan fingerprint density at radius 3 is 2.61 bits per heavy atom. The summed E-state index contributed by atoms with van der Waals surface area (Å²) in [5.74, 6) is -0.903. The van der Waals surface area contributed by atoms with Crippen LogP contribution in [0.4, 0.5) is 5.69 Å². The number of benzene rings is 1. The zero-order chi connectivity index (χ0) is 16.3.